The van der Waals surface area contributed by atoms with E-state index >= 15 is 0 Å². The molecule has 1 N–H and O–H groups in total. The second-order valence-corrected chi connectivity index (χ2v) is 3.36. The number of hydrogen-bond acceptors (Lipinski definition) is 4. The lowest BCUT2D eigenvalue weighted by atomic mass is 10.3. The summed E-state index contributed by atoms with van der Waals surface area (Å²) >= 11 is 0. The molecule has 1 atom stereocenters. The molecule has 0 aliphatic carbocycles. The molecule has 1 fully saturated rings. The Morgan fingerprint density at radius 1 is 1.57 bits per heavy atom. The summed E-state index contributed by atoms with van der Waals surface area (Å²) in [5.74, 6) is 0.0117. The van der Waals surface area contributed by atoms with E-state index < -0.39 is 6.10 Å². The Bertz CT molecular complexity index is 311. The minimum atomic E-state index is -0.502. The lowest BCUT2D eigenvalue weighted by Crippen LogP contribution is -2.29. The molecule has 14 heavy (non-hydrogen) atoms. The van der Waals surface area contributed by atoms with Crippen molar-refractivity contribution in [3.8, 4) is 0 Å². The summed E-state index contributed by atoms with van der Waals surface area (Å²) in [6.07, 6.45) is 2.81. The molecule has 1 unspecified atom stereocenters. The van der Waals surface area contributed by atoms with Gasteiger partial charge >= 0.3 is 0 Å². The first kappa shape index (κ1) is 9.14. The van der Waals surface area contributed by atoms with Gasteiger partial charge in [-0.1, -0.05) is 0 Å². The van der Waals surface area contributed by atoms with Crippen LogP contribution in [0.15, 0.2) is 12.7 Å². The molecule has 76 valence electrons. The monoisotopic (exact) mass is 196 g/mol. The van der Waals surface area contributed by atoms with Crippen LogP contribution in [0.5, 0.6) is 0 Å². The zero-order valence-electron chi connectivity index (χ0n) is 7.70. The van der Waals surface area contributed by atoms with Gasteiger partial charge in [0.25, 0.3) is 0 Å². The fourth-order valence-electron chi connectivity index (χ4n) is 1.54. The zero-order valence-corrected chi connectivity index (χ0v) is 7.70. The van der Waals surface area contributed by atoms with Crippen LogP contribution in [0, 0.1) is 0 Å². The number of aromatic nitrogens is 3. The normalized spacial score (nSPS) is 21.9. The van der Waals surface area contributed by atoms with Crippen molar-refractivity contribution in [2.24, 2.45) is 0 Å². The SMILES string of the molecule is O=C1CC(O)CN1CCn1cncn1. The molecule has 6 heteroatoms. The Hall–Kier alpha value is -1.43. The summed E-state index contributed by atoms with van der Waals surface area (Å²) in [6.45, 7) is 1.64. The van der Waals surface area contributed by atoms with Gasteiger partial charge in [0, 0.05) is 13.1 Å². The van der Waals surface area contributed by atoms with Crippen LogP contribution < -0.4 is 0 Å². The molecule has 1 aromatic heterocycles. The molecule has 0 bridgehead atoms. The molecule has 1 aliphatic heterocycles. The highest BCUT2D eigenvalue weighted by atomic mass is 16.3. The van der Waals surface area contributed by atoms with Crippen molar-refractivity contribution >= 4 is 5.91 Å². The van der Waals surface area contributed by atoms with Crippen LogP contribution in [0.4, 0.5) is 0 Å². The van der Waals surface area contributed by atoms with E-state index in [-0.39, 0.29) is 12.3 Å². The highest BCUT2D eigenvalue weighted by Crippen LogP contribution is 2.09. The fourth-order valence-corrected chi connectivity index (χ4v) is 1.54. The summed E-state index contributed by atoms with van der Waals surface area (Å²) in [5, 5.41) is 13.2. The van der Waals surface area contributed by atoms with Gasteiger partial charge in [0.1, 0.15) is 12.7 Å². The van der Waals surface area contributed by atoms with Crippen LogP contribution in [0.2, 0.25) is 0 Å². The minimum absolute atomic E-state index is 0.0117. The molecule has 1 aromatic rings. The third-order valence-electron chi connectivity index (χ3n) is 2.26. The lowest BCUT2D eigenvalue weighted by molar-refractivity contribution is -0.127. The van der Waals surface area contributed by atoms with Gasteiger partial charge in [0.05, 0.1) is 19.1 Å². The van der Waals surface area contributed by atoms with Crippen molar-refractivity contribution in [2.75, 3.05) is 13.1 Å². The molecule has 0 aromatic carbocycles. The average Bonchev–Trinajstić information content (AvgIpc) is 2.72. The van der Waals surface area contributed by atoms with Crippen molar-refractivity contribution in [1.82, 2.24) is 19.7 Å². The second-order valence-electron chi connectivity index (χ2n) is 3.36. The standard InChI is InChI=1S/C8H12N4O2/c13-7-3-8(14)11(4-7)1-2-12-6-9-5-10-12/h5-7,13H,1-4H2. The van der Waals surface area contributed by atoms with E-state index in [2.05, 4.69) is 10.1 Å². The molecule has 0 radical (unpaired) electrons. The van der Waals surface area contributed by atoms with Crippen LogP contribution >= 0.6 is 0 Å². The average molecular weight is 196 g/mol. The van der Waals surface area contributed by atoms with Gasteiger partial charge in [-0.05, 0) is 0 Å². The highest BCUT2D eigenvalue weighted by molar-refractivity contribution is 5.78. The summed E-state index contributed by atoms with van der Waals surface area (Å²) in [7, 11) is 0. The molecule has 1 amide bonds. The number of likely N-dealkylation sites (tertiary alicyclic amines) is 1. The highest BCUT2D eigenvalue weighted by Gasteiger charge is 2.27. The Balaban J connectivity index is 1.84. The number of rotatable bonds is 3. The number of aliphatic hydroxyl groups is 1. The molecular formula is C8H12N4O2. The smallest absolute Gasteiger partial charge is 0.225 e. The van der Waals surface area contributed by atoms with Gasteiger partial charge in [0.15, 0.2) is 0 Å². The summed E-state index contributed by atoms with van der Waals surface area (Å²) in [5.41, 5.74) is 0. The third kappa shape index (κ3) is 1.90. The number of aliphatic hydroxyl groups excluding tert-OH is 1. The first-order valence-corrected chi connectivity index (χ1v) is 4.54. The van der Waals surface area contributed by atoms with Crippen molar-refractivity contribution < 1.29 is 9.90 Å². The van der Waals surface area contributed by atoms with Crippen molar-refractivity contribution in [3.05, 3.63) is 12.7 Å². The van der Waals surface area contributed by atoms with E-state index in [4.69, 9.17) is 0 Å². The Kier molecular flexibility index (Phi) is 2.45. The molecule has 1 aliphatic rings. The molecule has 6 nitrogen and oxygen atoms in total. The van der Waals surface area contributed by atoms with Gasteiger partial charge in [-0.3, -0.25) is 9.48 Å². The zero-order chi connectivity index (χ0) is 9.97. The van der Waals surface area contributed by atoms with Crippen molar-refractivity contribution in [2.45, 2.75) is 19.1 Å². The molecule has 2 rings (SSSR count). The number of β-amino-alcohol motifs (C(OH)–C–C–N with tert-alkyl or cyclic N) is 1. The second kappa shape index (κ2) is 3.75. The fraction of sp³-hybridized carbons (Fsp3) is 0.625. The quantitative estimate of drug-likeness (QED) is 0.664. The van der Waals surface area contributed by atoms with E-state index in [0.717, 1.165) is 0 Å². The topological polar surface area (TPSA) is 71.2 Å². The maximum atomic E-state index is 11.3. The number of amides is 1. The number of carbonyl (C=O) groups excluding carboxylic acids is 1. The molecule has 0 spiro atoms. The Morgan fingerprint density at radius 3 is 3.00 bits per heavy atom. The van der Waals surface area contributed by atoms with Gasteiger partial charge < -0.3 is 10.0 Å². The molecule has 2 heterocycles. The summed E-state index contributed by atoms with van der Waals surface area (Å²) < 4.78 is 1.66. The van der Waals surface area contributed by atoms with Crippen LogP contribution in [-0.4, -0.2) is 49.9 Å². The third-order valence-corrected chi connectivity index (χ3v) is 2.26. The van der Waals surface area contributed by atoms with Crippen LogP contribution in [0.1, 0.15) is 6.42 Å². The van der Waals surface area contributed by atoms with E-state index in [1.807, 2.05) is 0 Å². The first-order valence-electron chi connectivity index (χ1n) is 4.54. The Labute approximate surface area is 81.2 Å². The van der Waals surface area contributed by atoms with Crippen LogP contribution in [0.25, 0.3) is 0 Å². The minimum Gasteiger partial charge on any atom is -0.391 e. The Morgan fingerprint density at radius 2 is 2.43 bits per heavy atom. The van der Waals surface area contributed by atoms with E-state index in [1.165, 1.54) is 6.33 Å². The number of hydrogen-bond donors (Lipinski definition) is 1. The summed E-state index contributed by atoms with van der Waals surface area (Å²) in [4.78, 5) is 16.7. The largest absolute Gasteiger partial charge is 0.391 e. The predicted molar refractivity (Wildman–Crippen MR) is 47.2 cm³/mol. The maximum Gasteiger partial charge on any atom is 0.225 e. The van der Waals surface area contributed by atoms with Crippen LogP contribution in [-0.2, 0) is 11.3 Å². The molecule has 0 saturated carbocycles. The first-order chi connectivity index (χ1) is 6.75. The van der Waals surface area contributed by atoms with Gasteiger partial charge in [-0.2, -0.15) is 5.10 Å². The van der Waals surface area contributed by atoms with Gasteiger partial charge in [0.2, 0.25) is 5.91 Å². The van der Waals surface area contributed by atoms with Gasteiger partial charge in [-0.25, -0.2) is 4.98 Å². The van der Waals surface area contributed by atoms with E-state index in [0.29, 0.717) is 19.6 Å². The lowest BCUT2D eigenvalue weighted by Gasteiger charge is -2.14. The van der Waals surface area contributed by atoms with Crippen LogP contribution in [0.3, 0.4) is 0 Å². The van der Waals surface area contributed by atoms with Crippen molar-refractivity contribution in [3.63, 3.8) is 0 Å². The van der Waals surface area contributed by atoms with E-state index in [1.54, 1.807) is 15.9 Å². The molecule has 1 saturated heterocycles. The number of carbonyl (C=O) groups is 1. The van der Waals surface area contributed by atoms with Gasteiger partial charge in [-0.15, -0.1) is 0 Å². The van der Waals surface area contributed by atoms with Crippen molar-refractivity contribution in [1.29, 1.82) is 0 Å². The summed E-state index contributed by atoms with van der Waals surface area (Å²) in [6, 6.07) is 0. The predicted octanol–water partition coefficient (Wildman–Crippen LogP) is -1.13. The van der Waals surface area contributed by atoms with E-state index in [9.17, 15) is 9.90 Å². The maximum absolute atomic E-state index is 11.3. The number of nitrogens with zero attached hydrogens (tertiary/aromatic N) is 4. The molecular weight excluding hydrogens is 184 g/mol.